The smallest absolute Gasteiger partial charge is 0.278 e. The first-order valence-corrected chi connectivity index (χ1v) is 9.97. The Bertz CT molecular complexity index is 935. The molecular weight excluding hydrogens is 360 g/mol. The number of anilines is 1. The fourth-order valence-corrected chi connectivity index (χ4v) is 5.20. The van der Waals surface area contributed by atoms with Crippen LogP contribution in [0.1, 0.15) is 10.4 Å². The fourth-order valence-electron chi connectivity index (χ4n) is 3.12. The van der Waals surface area contributed by atoms with E-state index in [1.54, 1.807) is 30.5 Å². The maximum atomic E-state index is 12.9. The van der Waals surface area contributed by atoms with Gasteiger partial charge in [0, 0.05) is 16.7 Å². The molecule has 1 aromatic heterocycles. The van der Waals surface area contributed by atoms with Crippen LogP contribution >= 0.6 is 11.3 Å². The summed E-state index contributed by atoms with van der Waals surface area (Å²) in [6.07, 6.45) is 0.626. The van der Waals surface area contributed by atoms with Crippen molar-refractivity contribution < 1.29 is 18.6 Å². The molecule has 0 spiro atoms. The third-order valence-electron chi connectivity index (χ3n) is 4.18. The Hall–Kier alpha value is -2.32. The molecule has 8 heteroatoms. The van der Waals surface area contributed by atoms with Gasteiger partial charge in [-0.15, -0.1) is 11.3 Å². The maximum Gasteiger partial charge on any atom is 0.278 e. The summed E-state index contributed by atoms with van der Waals surface area (Å²) in [5.74, 6) is -1.59. The predicted molar refractivity (Wildman–Crippen MR) is 95.2 cm³/mol. The summed E-state index contributed by atoms with van der Waals surface area (Å²) in [6, 6.07) is 10.6. The van der Waals surface area contributed by atoms with Gasteiger partial charge in [0.2, 0.25) is 12.0 Å². The summed E-state index contributed by atoms with van der Waals surface area (Å²) in [5.41, 5.74) is 1.53. The van der Waals surface area contributed by atoms with Crippen molar-refractivity contribution >= 4 is 45.3 Å². The van der Waals surface area contributed by atoms with Crippen LogP contribution in [0.4, 0.5) is 5.69 Å². The minimum Gasteiger partial charge on any atom is -0.381 e. The standard InChI is InChI=1S/C17H14N2O4S2/c1-9-8-11(17(24-9)25(2)22)13-12-14(23-18-13)16(21)19(15(12)20)10-6-4-3-5-7-10/h3-8,12,14H,1-2H3/t12-,14-,25+/m1/s1. The normalized spacial score (nSPS) is 23.4. The molecule has 2 aromatic rings. The van der Waals surface area contributed by atoms with Crippen LogP contribution < -0.4 is 4.90 Å². The second kappa shape index (κ2) is 5.89. The number of aryl methyl sites for hydroxylation is 1. The molecule has 3 heterocycles. The molecule has 0 radical (unpaired) electrons. The number of amides is 2. The molecule has 4 rings (SSSR count). The number of nitrogens with zero attached hydrogens (tertiary/aromatic N) is 2. The SMILES string of the molecule is Cc1cc(C2=NO[C@H]3C(=O)N(c4ccccc4)C(=O)[C@H]23)c([S@](C)=O)s1. The Labute approximate surface area is 150 Å². The van der Waals surface area contributed by atoms with Gasteiger partial charge in [0.1, 0.15) is 15.8 Å². The number of benzene rings is 1. The molecule has 0 saturated carbocycles. The Morgan fingerprint density at radius 3 is 2.60 bits per heavy atom. The number of carbonyl (C=O) groups is 2. The van der Waals surface area contributed by atoms with E-state index in [0.29, 0.717) is 21.2 Å². The number of imide groups is 1. The molecule has 2 aliphatic heterocycles. The van der Waals surface area contributed by atoms with Crippen molar-refractivity contribution in [3.05, 3.63) is 46.8 Å². The highest BCUT2D eigenvalue weighted by atomic mass is 32.2. The fraction of sp³-hybridized carbons (Fsp3) is 0.235. The first-order chi connectivity index (χ1) is 12.0. The van der Waals surface area contributed by atoms with E-state index < -0.39 is 28.7 Å². The molecule has 2 amide bonds. The lowest BCUT2D eigenvalue weighted by molar-refractivity contribution is -0.126. The molecule has 0 unspecified atom stereocenters. The lowest BCUT2D eigenvalue weighted by Crippen LogP contribution is -2.33. The van der Waals surface area contributed by atoms with Gasteiger partial charge in [-0.25, -0.2) is 4.90 Å². The molecule has 3 atom stereocenters. The van der Waals surface area contributed by atoms with Crippen molar-refractivity contribution in [2.45, 2.75) is 17.2 Å². The van der Waals surface area contributed by atoms with Gasteiger partial charge in [-0.05, 0) is 25.1 Å². The van der Waals surface area contributed by atoms with Crippen molar-refractivity contribution in [1.29, 1.82) is 0 Å². The van der Waals surface area contributed by atoms with Gasteiger partial charge in [-0.1, -0.05) is 23.4 Å². The van der Waals surface area contributed by atoms with Gasteiger partial charge >= 0.3 is 0 Å². The molecule has 6 nitrogen and oxygen atoms in total. The molecule has 2 aliphatic rings. The minimum atomic E-state index is -1.22. The number of oxime groups is 1. The van der Waals surface area contributed by atoms with Crippen LogP contribution in [0, 0.1) is 12.8 Å². The molecule has 1 saturated heterocycles. The Kier molecular flexibility index (Phi) is 3.81. The average Bonchev–Trinajstić information content (AvgIpc) is 3.24. The Morgan fingerprint density at radius 1 is 1.20 bits per heavy atom. The second-order valence-corrected chi connectivity index (χ2v) is 8.67. The van der Waals surface area contributed by atoms with Crippen LogP contribution in [0.2, 0.25) is 0 Å². The quantitative estimate of drug-likeness (QED) is 0.771. The molecule has 128 valence electrons. The monoisotopic (exact) mass is 374 g/mol. The Morgan fingerprint density at radius 2 is 1.92 bits per heavy atom. The van der Waals surface area contributed by atoms with Gasteiger partial charge in [0.05, 0.1) is 16.5 Å². The van der Waals surface area contributed by atoms with Crippen molar-refractivity contribution in [2.24, 2.45) is 11.1 Å². The van der Waals surface area contributed by atoms with Crippen molar-refractivity contribution in [3.63, 3.8) is 0 Å². The molecule has 1 aromatic carbocycles. The second-order valence-electron chi connectivity index (χ2n) is 5.84. The number of hydrogen-bond donors (Lipinski definition) is 0. The van der Waals surface area contributed by atoms with E-state index in [4.69, 9.17) is 4.84 Å². The van der Waals surface area contributed by atoms with Gasteiger partial charge in [-0.2, -0.15) is 0 Å². The van der Waals surface area contributed by atoms with E-state index in [2.05, 4.69) is 5.16 Å². The van der Waals surface area contributed by atoms with Gasteiger partial charge in [0.25, 0.3) is 5.91 Å². The third kappa shape index (κ3) is 2.44. The highest BCUT2D eigenvalue weighted by Crippen LogP contribution is 2.37. The topological polar surface area (TPSA) is 76.0 Å². The third-order valence-corrected chi connectivity index (χ3v) is 6.73. The number of rotatable bonds is 3. The van der Waals surface area contributed by atoms with E-state index in [1.165, 1.54) is 11.3 Å². The summed E-state index contributed by atoms with van der Waals surface area (Å²) in [7, 11) is -1.22. The van der Waals surface area contributed by atoms with Gasteiger partial charge in [-0.3, -0.25) is 13.8 Å². The van der Waals surface area contributed by atoms with Crippen LogP contribution in [-0.2, 0) is 25.2 Å². The van der Waals surface area contributed by atoms with E-state index in [-0.39, 0.29) is 5.91 Å². The zero-order valence-corrected chi connectivity index (χ0v) is 15.1. The average molecular weight is 374 g/mol. The number of hydrogen-bond acceptors (Lipinski definition) is 6. The molecule has 1 fully saturated rings. The summed E-state index contributed by atoms with van der Waals surface area (Å²) in [4.78, 5) is 33.0. The minimum absolute atomic E-state index is 0.367. The number of fused-ring (bicyclic) bond motifs is 1. The van der Waals surface area contributed by atoms with Gasteiger partial charge < -0.3 is 4.84 Å². The summed E-state index contributed by atoms with van der Waals surface area (Å²) in [6.45, 7) is 1.90. The van der Waals surface area contributed by atoms with Crippen molar-refractivity contribution in [1.82, 2.24) is 0 Å². The number of carbonyl (C=O) groups excluding carboxylic acids is 2. The highest BCUT2D eigenvalue weighted by molar-refractivity contribution is 7.86. The summed E-state index contributed by atoms with van der Waals surface area (Å²) >= 11 is 1.40. The van der Waals surface area contributed by atoms with Crippen LogP contribution in [0.5, 0.6) is 0 Å². The Balaban J connectivity index is 1.75. The zero-order valence-electron chi connectivity index (χ0n) is 13.5. The highest BCUT2D eigenvalue weighted by Gasteiger charge is 2.56. The van der Waals surface area contributed by atoms with E-state index in [0.717, 1.165) is 9.78 Å². The van der Waals surface area contributed by atoms with Crippen LogP contribution in [0.15, 0.2) is 45.8 Å². The molecule has 0 N–H and O–H groups in total. The van der Waals surface area contributed by atoms with Gasteiger partial charge in [0.15, 0.2) is 0 Å². The van der Waals surface area contributed by atoms with Crippen molar-refractivity contribution in [3.8, 4) is 0 Å². The van der Waals surface area contributed by atoms with Crippen molar-refractivity contribution in [2.75, 3.05) is 11.2 Å². The van der Waals surface area contributed by atoms with Crippen LogP contribution in [0.3, 0.4) is 0 Å². The summed E-state index contributed by atoms with van der Waals surface area (Å²) < 4.78 is 12.7. The molecule has 0 aliphatic carbocycles. The summed E-state index contributed by atoms with van der Waals surface area (Å²) in [5, 5.41) is 4.00. The van der Waals surface area contributed by atoms with E-state index in [1.807, 2.05) is 19.1 Å². The predicted octanol–water partition coefficient (Wildman–Crippen LogP) is 2.09. The first-order valence-electron chi connectivity index (χ1n) is 7.60. The maximum absolute atomic E-state index is 12.9. The van der Waals surface area contributed by atoms with Crippen LogP contribution in [-0.4, -0.2) is 34.1 Å². The first kappa shape index (κ1) is 16.2. The molecule has 0 bridgehead atoms. The largest absolute Gasteiger partial charge is 0.381 e. The molecular formula is C17H14N2O4S2. The van der Waals surface area contributed by atoms with Crippen LogP contribution in [0.25, 0.3) is 0 Å². The lowest BCUT2D eigenvalue weighted by Gasteiger charge is -2.15. The number of thiophene rings is 1. The number of para-hydroxylation sites is 1. The van der Waals surface area contributed by atoms with E-state index >= 15 is 0 Å². The molecule has 25 heavy (non-hydrogen) atoms. The lowest BCUT2D eigenvalue weighted by atomic mass is 9.95. The van der Waals surface area contributed by atoms with E-state index in [9.17, 15) is 13.8 Å². The zero-order chi connectivity index (χ0) is 17.7.